The lowest BCUT2D eigenvalue weighted by atomic mass is 9.78. The molecule has 164 valence electrons. The van der Waals surface area contributed by atoms with E-state index in [4.69, 9.17) is 4.98 Å². The fourth-order valence-corrected chi connectivity index (χ4v) is 6.37. The van der Waals surface area contributed by atoms with E-state index in [9.17, 15) is 9.59 Å². The van der Waals surface area contributed by atoms with E-state index in [0.717, 1.165) is 69.3 Å². The van der Waals surface area contributed by atoms with Gasteiger partial charge in [-0.25, -0.2) is 4.98 Å². The second kappa shape index (κ2) is 8.81. The summed E-state index contributed by atoms with van der Waals surface area (Å²) < 4.78 is 1.87. The number of hydrogen-bond acceptors (Lipinski definition) is 4. The van der Waals surface area contributed by atoms with Gasteiger partial charge in [-0.15, -0.1) is 0 Å². The van der Waals surface area contributed by atoms with Gasteiger partial charge in [0, 0.05) is 44.1 Å². The third-order valence-corrected chi connectivity index (χ3v) is 8.05. The third kappa shape index (κ3) is 4.08. The van der Waals surface area contributed by atoms with Gasteiger partial charge in [-0.05, 0) is 57.4 Å². The van der Waals surface area contributed by atoms with Gasteiger partial charge in [0.25, 0.3) is 5.56 Å². The van der Waals surface area contributed by atoms with E-state index < -0.39 is 0 Å². The minimum Gasteiger partial charge on any atom is -0.341 e. The molecule has 0 radical (unpaired) electrons. The molecule has 3 fully saturated rings. The Morgan fingerprint density at radius 3 is 2.77 bits per heavy atom. The minimum absolute atomic E-state index is 0.0957. The smallest absolute Gasteiger partial charge is 0.253 e. The van der Waals surface area contributed by atoms with Crippen LogP contribution in [0.2, 0.25) is 0 Å². The first-order valence-electron chi connectivity index (χ1n) is 12.3. The Hall–Kier alpha value is -1.69. The van der Waals surface area contributed by atoms with Crippen molar-refractivity contribution in [1.29, 1.82) is 0 Å². The van der Waals surface area contributed by atoms with Crippen molar-refractivity contribution >= 4 is 5.91 Å². The molecular weight excluding hydrogens is 376 g/mol. The Morgan fingerprint density at radius 2 is 1.83 bits per heavy atom. The summed E-state index contributed by atoms with van der Waals surface area (Å²) in [7, 11) is 0. The molecule has 1 aromatic rings. The van der Waals surface area contributed by atoms with E-state index >= 15 is 0 Å². The van der Waals surface area contributed by atoms with Gasteiger partial charge in [0.1, 0.15) is 5.82 Å². The first-order valence-corrected chi connectivity index (χ1v) is 12.3. The number of carbonyl (C=O) groups excluding carboxylic acids is 1. The van der Waals surface area contributed by atoms with Crippen molar-refractivity contribution in [1.82, 2.24) is 19.4 Å². The SMILES string of the molecule is O=C(CN1CCC[C@@H]2CCCC[C@H]21)N1CC[C@@H](c2cc(=O)n3c(n2)CCCCC3)C1. The van der Waals surface area contributed by atoms with E-state index in [2.05, 4.69) is 4.90 Å². The second-order valence-electron chi connectivity index (χ2n) is 9.95. The number of nitrogens with zero attached hydrogens (tertiary/aromatic N) is 4. The number of aryl methyl sites for hydroxylation is 1. The van der Waals surface area contributed by atoms with E-state index in [-0.39, 0.29) is 17.4 Å². The molecule has 1 aromatic heterocycles. The fourth-order valence-electron chi connectivity index (χ4n) is 6.37. The number of piperidine rings is 1. The number of carbonyl (C=O) groups is 1. The lowest BCUT2D eigenvalue weighted by molar-refractivity contribution is -0.133. The van der Waals surface area contributed by atoms with E-state index in [0.29, 0.717) is 12.6 Å². The van der Waals surface area contributed by atoms with E-state index in [1.54, 1.807) is 6.07 Å². The van der Waals surface area contributed by atoms with Crippen LogP contribution < -0.4 is 5.56 Å². The molecule has 4 heterocycles. The van der Waals surface area contributed by atoms with Crippen LogP contribution in [-0.2, 0) is 17.8 Å². The zero-order valence-electron chi connectivity index (χ0n) is 18.2. The van der Waals surface area contributed by atoms with Crippen molar-refractivity contribution < 1.29 is 4.79 Å². The Bertz CT molecular complexity index is 833. The maximum atomic E-state index is 13.1. The van der Waals surface area contributed by atoms with E-state index in [1.165, 1.54) is 44.9 Å². The highest BCUT2D eigenvalue weighted by Gasteiger charge is 2.36. The van der Waals surface area contributed by atoms with Crippen LogP contribution in [0.25, 0.3) is 0 Å². The average molecular weight is 413 g/mol. The molecule has 0 aromatic carbocycles. The topological polar surface area (TPSA) is 58.4 Å². The Balaban J connectivity index is 1.23. The van der Waals surface area contributed by atoms with Crippen molar-refractivity contribution in [2.75, 3.05) is 26.2 Å². The summed E-state index contributed by atoms with van der Waals surface area (Å²) in [6, 6.07) is 2.37. The fraction of sp³-hybridized carbons (Fsp3) is 0.792. The van der Waals surface area contributed by atoms with Gasteiger partial charge in [-0.1, -0.05) is 19.3 Å². The highest BCUT2D eigenvalue weighted by molar-refractivity contribution is 5.78. The third-order valence-electron chi connectivity index (χ3n) is 8.05. The van der Waals surface area contributed by atoms with Gasteiger partial charge in [-0.2, -0.15) is 0 Å². The molecule has 1 amide bonds. The number of fused-ring (bicyclic) bond motifs is 2. The summed E-state index contributed by atoms with van der Waals surface area (Å²) >= 11 is 0. The Labute approximate surface area is 179 Å². The Morgan fingerprint density at radius 1 is 0.967 bits per heavy atom. The predicted molar refractivity (Wildman–Crippen MR) is 117 cm³/mol. The van der Waals surface area contributed by atoms with Crippen molar-refractivity contribution in [2.24, 2.45) is 5.92 Å². The molecule has 4 aliphatic rings. The van der Waals surface area contributed by atoms with Gasteiger partial charge in [0.15, 0.2) is 0 Å². The molecule has 3 atom stereocenters. The number of aromatic nitrogens is 2. The normalized spacial score (nSPS) is 29.9. The molecule has 5 rings (SSSR count). The molecule has 0 spiro atoms. The average Bonchev–Trinajstić information content (AvgIpc) is 3.13. The van der Waals surface area contributed by atoms with Crippen LogP contribution in [0.15, 0.2) is 10.9 Å². The van der Waals surface area contributed by atoms with Gasteiger partial charge in [0.2, 0.25) is 5.91 Å². The van der Waals surface area contributed by atoms with Crippen LogP contribution in [0.5, 0.6) is 0 Å². The number of rotatable bonds is 3. The monoisotopic (exact) mass is 412 g/mol. The standard InChI is InChI=1S/C24H36N4O2/c29-23-15-20(25-22-10-2-1-5-13-28(22)23)19-11-14-27(16-19)24(30)17-26-12-6-8-18-7-3-4-9-21(18)26/h15,18-19,21H,1-14,16-17H2/t18-,19+,21+/m0/s1. The van der Waals surface area contributed by atoms with Crippen LogP contribution >= 0.6 is 0 Å². The maximum Gasteiger partial charge on any atom is 0.253 e. The molecule has 1 saturated carbocycles. The van der Waals surface area contributed by atoms with Crippen molar-refractivity contribution in [3.05, 3.63) is 27.9 Å². The molecule has 3 aliphatic heterocycles. The summed E-state index contributed by atoms with van der Waals surface area (Å²) in [5.41, 5.74) is 1.01. The largest absolute Gasteiger partial charge is 0.341 e. The lowest BCUT2D eigenvalue weighted by Crippen LogP contribution is -2.50. The molecule has 30 heavy (non-hydrogen) atoms. The number of amides is 1. The van der Waals surface area contributed by atoms with Crippen LogP contribution in [0, 0.1) is 5.92 Å². The molecule has 1 aliphatic carbocycles. The van der Waals surface area contributed by atoms with Crippen molar-refractivity contribution in [2.45, 2.75) is 89.1 Å². The molecule has 2 saturated heterocycles. The molecule has 6 nitrogen and oxygen atoms in total. The van der Waals surface area contributed by atoms with Crippen LogP contribution in [-0.4, -0.2) is 57.5 Å². The maximum absolute atomic E-state index is 13.1. The summed E-state index contributed by atoms with van der Waals surface area (Å²) in [6.45, 7) is 3.97. The lowest BCUT2D eigenvalue weighted by Gasteiger charge is -2.44. The van der Waals surface area contributed by atoms with Crippen molar-refractivity contribution in [3.8, 4) is 0 Å². The predicted octanol–water partition coefficient (Wildman–Crippen LogP) is 2.94. The summed E-state index contributed by atoms with van der Waals surface area (Å²) in [4.78, 5) is 35.2. The zero-order chi connectivity index (χ0) is 20.5. The zero-order valence-corrected chi connectivity index (χ0v) is 18.2. The van der Waals surface area contributed by atoms with Crippen LogP contribution in [0.3, 0.4) is 0 Å². The van der Waals surface area contributed by atoms with Gasteiger partial charge in [0.05, 0.1) is 12.2 Å². The van der Waals surface area contributed by atoms with Crippen molar-refractivity contribution in [3.63, 3.8) is 0 Å². The first-order chi connectivity index (χ1) is 14.7. The van der Waals surface area contributed by atoms with Crippen LogP contribution in [0.4, 0.5) is 0 Å². The van der Waals surface area contributed by atoms with Crippen LogP contribution in [0.1, 0.15) is 81.6 Å². The molecular formula is C24H36N4O2. The second-order valence-corrected chi connectivity index (χ2v) is 9.95. The summed E-state index contributed by atoms with van der Waals surface area (Å²) in [6.07, 6.45) is 13.1. The van der Waals surface area contributed by atoms with Gasteiger partial charge >= 0.3 is 0 Å². The Kier molecular flexibility index (Phi) is 5.94. The summed E-state index contributed by atoms with van der Waals surface area (Å²) in [5.74, 6) is 2.25. The van der Waals surface area contributed by atoms with Gasteiger partial charge in [-0.3, -0.25) is 19.1 Å². The highest BCUT2D eigenvalue weighted by Crippen LogP contribution is 2.35. The van der Waals surface area contributed by atoms with Gasteiger partial charge < -0.3 is 4.90 Å². The summed E-state index contributed by atoms with van der Waals surface area (Å²) in [5, 5.41) is 0. The highest BCUT2D eigenvalue weighted by atomic mass is 16.2. The first kappa shape index (κ1) is 20.2. The van der Waals surface area contributed by atoms with E-state index in [1.807, 2.05) is 9.47 Å². The number of likely N-dealkylation sites (tertiary alicyclic amines) is 2. The minimum atomic E-state index is 0.0957. The number of hydrogen-bond donors (Lipinski definition) is 0. The quantitative estimate of drug-likeness (QED) is 0.766. The molecule has 0 unspecified atom stereocenters. The molecule has 0 N–H and O–H groups in total. The molecule has 6 heteroatoms. The molecule has 0 bridgehead atoms.